The molecule has 0 amide bonds. The number of nitrogens with zero attached hydrogens (tertiary/aromatic N) is 1. The lowest BCUT2D eigenvalue weighted by molar-refractivity contribution is 0.202. The van der Waals surface area contributed by atoms with E-state index in [2.05, 4.69) is 15.9 Å². The predicted molar refractivity (Wildman–Crippen MR) is 86.3 cm³/mol. The van der Waals surface area contributed by atoms with Crippen molar-refractivity contribution in [2.75, 3.05) is 6.54 Å². The highest BCUT2D eigenvalue weighted by Crippen LogP contribution is 2.40. The van der Waals surface area contributed by atoms with Crippen LogP contribution in [0.3, 0.4) is 0 Å². The Bertz CT molecular complexity index is 633. The number of sulfonamides is 1. The fraction of sp³-hybridized carbons (Fsp3) is 0.600. The molecule has 1 saturated heterocycles. The number of benzene rings is 1. The molecule has 2 N–H and O–H groups in total. The van der Waals surface area contributed by atoms with Gasteiger partial charge in [0.15, 0.2) is 0 Å². The molecule has 2 unspecified atom stereocenters. The fourth-order valence-corrected chi connectivity index (χ4v) is 6.44. The molecule has 1 aliphatic carbocycles. The summed E-state index contributed by atoms with van der Waals surface area (Å²) in [6.07, 6.45) is 5.44. The summed E-state index contributed by atoms with van der Waals surface area (Å²) >= 11 is 3.39. The molecule has 3 rings (SSSR count). The first-order valence-electron chi connectivity index (χ1n) is 7.54. The van der Waals surface area contributed by atoms with E-state index in [1.165, 1.54) is 12.8 Å². The van der Waals surface area contributed by atoms with Gasteiger partial charge in [-0.2, -0.15) is 4.31 Å². The molecule has 2 fully saturated rings. The molecule has 1 saturated carbocycles. The molecule has 0 bridgehead atoms. The van der Waals surface area contributed by atoms with Crippen LogP contribution >= 0.6 is 15.9 Å². The SMILES string of the molecule is NCc1ccc(Br)c(S(=O)(=O)N2CCCC3CCCC32)c1. The molecule has 0 radical (unpaired) electrons. The number of rotatable bonds is 3. The molecule has 21 heavy (non-hydrogen) atoms. The minimum atomic E-state index is -3.45. The van der Waals surface area contributed by atoms with Crippen molar-refractivity contribution in [2.24, 2.45) is 11.7 Å². The summed E-state index contributed by atoms with van der Waals surface area (Å²) in [6, 6.07) is 5.54. The fourth-order valence-electron chi connectivity index (χ4n) is 3.71. The normalized spacial score (nSPS) is 26.8. The van der Waals surface area contributed by atoms with Gasteiger partial charge in [0, 0.05) is 23.6 Å². The maximum Gasteiger partial charge on any atom is 0.244 e. The average Bonchev–Trinajstić information content (AvgIpc) is 2.95. The van der Waals surface area contributed by atoms with Gasteiger partial charge in [-0.25, -0.2) is 8.42 Å². The first kappa shape index (κ1) is 15.5. The Hall–Kier alpha value is -0.430. The molecule has 116 valence electrons. The third-order valence-corrected chi connectivity index (χ3v) is 7.68. The van der Waals surface area contributed by atoms with Gasteiger partial charge in [0.2, 0.25) is 10.0 Å². The second-order valence-electron chi connectivity index (χ2n) is 5.99. The van der Waals surface area contributed by atoms with Gasteiger partial charge in [-0.1, -0.05) is 12.5 Å². The van der Waals surface area contributed by atoms with Crippen LogP contribution in [0.25, 0.3) is 0 Å². The third kappa shape index (κ3) is 2.79. The van der Waals surface area contributed by atoms with E-state index >= 15 is 0 Å². The van der Waals surface area contributed by atoms with Crippen molar-refractivity contribution in [3.63, 3.8) is 0 Å². The summed E-state index contributed by atoms with van der Waals surface area (Å²) < 4.78 is 28.5. The molecule has 1 heterocycles. The van der Waals surface area contributed by atoms with E-state index in [0.717, 1.165) is 24.8 Å². The van der Waals surface area contributed by atoms with Crippen LogP contribution in [-0.4, -0.2) is 25.3 Å². The van der Waals surface area contributed by atoms with E-state index in [1.807, 2.05) is 6.07 Å². The molecule has 1 aliphatic heterocycles. The minimum Gasteiger partial charge on any atom is -0.326 e. The number of hydrogen-bond acceptors (Lipinski definition) is 3. The highest BCUT2D eigenvalue weighted by atomic mass is 79.9. The Morgan fingerprint density at radius 3 is 2.76 bits per heavy atom. The molecule has 1 aromatic carbocycles. The molecule has 4 nitrogen and oxygen atoms in total. The Kier molecular flexibility index (Phi) is 4.41. The molecule has 1 aromatic rings. The number of hydrogen-bond donors (Lipinski definition) is 1. The van der Waals surface area contributed by atoms with Gasteiger partial charge >= 0.3 is 0 Å². The molecular formula is C15H21BrN2O2S. The van der Waals surface area contributed by atoms with Crippen LogP contribution < -0.4 is 5.73 Å². The monoisotopic (exact) mass is 372 g/mol. The second-order valence-corrected chi connectivity index (χ2v) is 8.70. The lowest BCUT2D eigenvalue weighted by atomic mass is 9.94. The quantitative estimate of drug-likeness (QED) is 0.886. The summed E-state index contributed by atoms with van der Waals surface area (Å²) in [7, 11) is -3.45. The van der Waals surface area contributed by atoms with E-state index in [0.29, 0.717) is 28.4 Å². The van der Waals surface area contributed by atoms with Gasteiger partial charge in [0.05, 0.1) is 4.90 Å². The van der Waals surface area contributed by atoms with E-state index in [1.54, 1.807) is 16.4 Å². The number of nitrogens with two attached hydrogens (primary N) is 1. The standard InChI is InChI=1S/C15H21BrN2O2S/c16-13-7-6-11(10-17)9-15(13)21(19,20)18-8-2-4-12-3-1-5-14(12)18/h6-7,9,12,14H,1-5,8,10,17H2. The number of piperidine rings is 1. The Balaban J connectivity index is 2.00. The molecule has 0 spiro atoms. The maximum absolute atomic E-state index is 13.1. The van der Waals surface area contributed by atoms with Gasteiger partial charge in [-0.3, -0.25) is 0 Å². The lowest BCUT2D eigenvalue weighted by Gasteiger charge is -2.36. The van der Waals surface area contributed by atoms with Crippen LogP contribution in [0.1, 0.15) is 37.7 Å². The molecule has 2 aliphatic rings. The first-order chi connectivity index (χ1) is 10.0. The Morgan fingerprint density at radius 1 is 1.24 bits per heavy atom. The average molecular weight is 373 g/mol. The number of halogens is 1. The first-order valence-corrected chi connectivity index (χ1v) is 9.77. The van der Waals surface area contributed by atoms with Crippen molar-refractivity contribution >= 4 is 26.0 Å². The van der Waals surface area contributed by atoms with Crippen molar-refractivity contribution in [3.05, 3.63) is 28.2 Å². The third-order valence-electron chi connectivity index (χ3n) is 4.76. The second kappa shape index (κ2) is 5.99. The predicted octanol–water partition coefficient (Wildman–Crippen LogP) is 2.86. The minimum absolute atomic E-state index is 0.192. The van der Waals surface area contributed by atoms with E-state index < -0.39 is 10.0 Å². The van der Waals surface area contributed by atoms with Crippen molar-refractivity contribution in [1.82, 2.24) is 4.31 Å². The summed E-state index contributed by atoms with van der Waals surface area (Å²) in [4.78, 5) is 0.359. The Morgan fingerprint density at radius 2 is 2.00 bits per heavy atom. The van der Waals surface area contributed by atoms with Gasteiger partial charge in [-0.15, -0.1) is 0 Å². The van der Waals surface area contributed by atoms with Crippen LogP contribution in [-0.2, 0) is 16.6 Å². The van der Waals surface area contributed by atoms with E-state index in [-0.39, 0.29) is 6.04 Å². The van der Waals surface area contributed by atoms with Crippen molar-refractivity contribution < 1.29 is 8.42 Å². The zero-order chi connectivity index (χ0) is 15.0. The zero-order valence-electron chi connectivity index (χ0n) is 12.0. The topological polar surface area (TPSA) is 63.4 Å². The highest BCUT2D eigenvalue weighted by Gasteiger charge is 2.41. The van der Waals surface area contributed by atoms with Crippen molar-refractivity contribution in [1.29, 1.82) is 0 Å². The summed E-state index contributed by atoms with van der Waals surface area (Å²) in [5.41, 5.74) is 6.50. The van der Waals surface area contributed by atoms with Gasteiger partial charge in [0.25, 0.3) is 0 Å². The van der Waals surface area contributed by atoms with Crippen LogP contribution in [0, 0.1) is 5.92 Å². The molecule has 2 atom stereocenters. The van der Waals surface area contributed by atoms with E-state index in [9.17, 15) is 8.42 Å². The van der Waals surface area contributed by atoms with Gasteiger partial charge in [0.1, 0.15) is 0 Å². The van der Waals surface area contributed by atoms with Crippen molar-refractivity contribution in [2.45, 2.75) is 49.6 Å². The summed E-state index contributed by atoms with van der Waals surface area (Å²) in [5, 5.41) is 0. The van der Waals surface area contributed by atoms with Crippen LogP contribution in [0.4, 0.5) is 0 Å². The van der Waals surface area contributed by atoms with Crippen LogP contribution in [0.15, 0.2) is 27.6 Å². The largest absolute Gasteiger partial charge is 0.326 e. The lowest BCUT2D eigenvalue weighted by Crippen LogP contribution is -2.46. The summed E-state index contributed by atoms with van der Waals surface area (Å²) in [5.74, 6) is 0.546. The van der Waals surface area contributed by atoms with Crippen LogP contribution in [0.2, 0.25) is 0 Å². The molecule has 6 heteroatoms. The zero-order valence-corrected chi connectivity index (χ0v) is 14.4. The smallest absolute Gasteiger partial charge is 0.244 e. The van der Waals surface area contributed by atoms with E-state index in [4.69, 9.17) is 5.73 Å². The van der Waals surface area contributed by atoms with Crippen molar-refractivity contribution in [3.8, 4) is 0 Å². The molecular weight excluding hydrogens is 352 g/mol. The summed E-state index contributed by atoms with van der Waals surface area (Å²) in [6.45, 7) is 0.991. The van der Waals surface area contributed by atoms with Gasteiger partial charge in [-0.05, 0) is 65.2 Å². The highest BCUT2D eigenvalue weighted by molar-refractivity contribution is 9.10. The maximum atomic E-state index is 13.1. The molecule has 0 aromatic heterocycles. The number of fused-ring (bicyclic) bond motifs is 1. The van der Waals surface area contributed by atoms with Gasteiger partial charge < -0.3 is 5.73 Å². The Labute approximate surface area is 134 Å². The van der Waals surface area contributed by atoms with Crippen LogP contribution in [0.5, 0.6) is 0 Å².